The Labute approximate surface area is 207 Å². The van der Waals surface area contributed by atoms with E-state index in [-0.39, 0.29) is 46.5 Å². The van der Waals surface area contributed by atoms with Crippen molar-refractivity contribution in [2.75, 3.05) is 18.5 Å². The van der Waals surface area contributed by atoms with Gasteiger partial charge >= 0.3 is 12.1 Å². The Morgan fingerprint density at radius 1 is 0.971 bits per heavy atom. The number of carbonyl (C=O) groups is 3. The van der Waals surface area contributed by atoms with Gasteiger partial charge in [0, 0.05) is 23.4 Å². The van der Waals surface area contributed by atoms with Crippen LogP contribution >= 0.6 is 11.6 Å². The third-order valence-electron chi connectivity index (χ3n) is 6.58. The Bertz CT molecular complexity index is 1280. The molecule has 5 rings (SSSR count). The van der Waals surface area contributed by atoms with Gasteiger partial charge in [0.05, 0.1) is 11.3 Å². The van der Waals surface area contributed by atoms with Crippen LogP contribution in [0.3, 0.4) is 0 Å². The Kier molecular flexibility index (Phi) is 6.17. The lowest BCUT2D eigenvalue weighted by atomic mass is 9.98. The number of anilines is 1. The highest BCUT2D eigenvalue weighted by atomic mass is 35.5. The highest BCUT2D eigenvalue weighted by Crippen LogP contribution is 2.44. The monoisotopic (exact) mass is 490 g/mol. The van der Waals surface area contributed by atoms with Crippen LogP contribution in [0.5, 0.6) is 0 Å². The van der Waals surface area contributed by atoms with E-state index in [1.54, 1.807) is 0 Å². The van der Waals surface area contributed by atoms with Gasteiger partial charge in [0.25, 0.3) is 0 Å². The summed E-state index contributed by atoms with van der Waals surface area (Å²) in [7, 11) is 0. The summed E-state index contributed by atoms with van der Waals surface area (Å²) in [6.45, 7) is 0.532. The predicted molar refractivity (Wildman–Crippen MR) is 132 cm³/mol. The van der Waals surface area contributed by atoms with Gasteiger partial charge in [-0.1, -0.05) is 60.1 Å². The first-order chi connectivity index (χ1) is 16.9. The standard InChI is InChI=1S/C27H23ClN2O5/c28-16-9-10-24(22(12-16)26(32)33)30-25(31)21-11-15(21)13-29-27(34)35-14-23-19-7-3-1-5-17(19)18-6-2-4-8-20(18)23/h1-10,12,15,21,23H,11,13-14H2,(H,29,34)(H,30,31)(H,32,33)/t15-,21-/m0/s1. The van der Waals surface area contributed by atoms with E-state index >= 15 is 0 Å². The molecule has 178 valence electrons. The van der Waals surface area contributed by atoms with Gasteiger partial charge in [0.15, 0.2) is 0 Å². The van der Waals surface area contributed by atoms with Crippen LogP contribution < -0.4 is 10.6 Å². The number of carboxylic acids is 1. The number of hydrogen-bond donors (Lipinski definition) is 3. The highest BCUT2D eigenvalue weighted by molar-refractivity contribution is 6.31. The van der Waals surface area contributed by atoms with Crippen molar-refractivity contribution in [1.29, 1.82) is 0 Å². The topological polar surface area (TPSA) is 105 Å². The number of amides is 2. The molecule has 0 radical (unpaired) electrons. The molecule has 0 heterocycles. The molecule has 2 amide bonds. The summed E-state index contributed by atoms with van der Waals surface area (Å²) in [6, 6.07) is 20.5. The van der Waals surface area contributed by atoms with Crippen LogP contribution in [0, 0.1) is 11.8 Å². The lowest BCUT2D eigenvalue weighted by molar-refractivity contribution is -0.117. The predicted octanol–water partition coefficient (Wildman–Crippen LogP) is 5.15. The first kappa shape index (κ1) is 22.9. The fraction of sp³-hybridized carbons (Fsp3) is 0.222. The molecule has 0 spiro atoms. The maximum absolute atomic E-state index is 12.5. The second-order valence-corrected chi connectivity index (χ2v) is 9.23. The molecule has 8 heteroatoms. The van der Waals surface area contributed by atoms with Crippen molar-refractivity contribution in [3.63, 3.8) is 0 Å². The van der Waals surface area contributed by atoms with Crippen molar-refractivity contribution >= 4 is 35.3 Å². The average Bonchev–Trinajstić information content (AvgIpc) is 3.57. The maximum Gasteiger partial charge on any atom is 0.407 e. The molecule has 7 nitrogen and oxygen atoms in total. The number of ether oxygens (including phenoxy) is 1. The van der Waals surface area contributed by atoms with E-state index in [9.17, 15) is 19.5 Å². The van der Waals surface area contributed by atoms with Crippen molar-refractivity contribution in [1.82, 2.24) is 5.32 Å². The zero-order valence-electron chi connectivity index (χ0n) is 18.7. The fourth-order valence-corrected chi connectivity index (χ4v) is 4.86. The van der Waals surface area contributed by atoms with Crippen LogP contribution in [-0.2, 0) is 9.53 Å². The number of benzene rings is 3. The fourth-order valence-electron chi connectivity index (χ4n) is 4.69. The minimum Gasteiger partial charge on any atom is -0.478 e. The van der Waals surface area contributed by atoms with Crippen LogP contribution in [0.25, 0.3) is 11.1 Å². The lowest BCUT2D eigenvalue weighted by Gasteiger charge is -2.14. The molecule has 0 aliphatic heterocycles. The molecule has 0 bridgehead atoms. The molecule has 2 aliphatic carbocycles. The van der Waals surface area contributed by atoms with E-state index in [1.165, 1.54) is 18.2 Å². The highest BCUT2D eigenvalue weighted by Gasteiger charge is 2.43. The van der Waals surface area contributed by atoms with Crippen molar-refractivity contribution in [2.24, 2.45) is 11.8 Å². The SMILES string of the molecule is O=C(NC[C@@H]1C[C@@H]1C(=O)Nc1ccc(Cl)cc1C(=O)O)OCC1c2ccccc2-c2ccccc21. The van der Waals surface area contributed by atoms with E-state index in [4.69, 9.17) is 16.3 Å². The van der Waals surface area contributed by atoms with Gasteiger partial charge in [0.2, 0.25) is 5.91 Å². The third kappa shape index (κ3) is 4.72. The summed E-state index contributed by atoms with van der Waals surface area (Å²) >= 11 is 5.86. The van der Waals surface area contributed by atoms with Gasteiger partial charge in [-0.05, 0) is 52.8 Å². The number of alkyl carbamates (subject to hydrolysis) is 1. The number of fused-ring (bicyclic) bond motifs is 3. The normalized spacial score (nSPS) is 17.7. The molecular formula is C27H23ClN2O5. The van der Waals surface area contributed by atoms with Crippen molar-refractivity contribution < 1.29 is 24.2 Å². The summed E-state index contributed by atoms with van der Waals surface area (Å²) in [4.78, 5) is 36.3. The van der Waals surface area contributed by atoms with Gasteiger partial charge in [-0.2, -0.15) is 0 Å². The molecule has 0 unspecified atom stereocenters. The number of aromatic carboxylic acids is 1. The lowest BCUT2D eigenvalue weighted by Crippen LogP contribution is -2.29. The molecule has 2 aliphatic rings. The van der Waals surface area contributed by atoms with Crippen molar-refractivity contribution in [3.8, 4) is 11.1 Å². The van der Waals surface area contributed by atoms with Gasteiger partial charge in [-0.3, -0.25) is 4.79 Å². The third-order valence-corrected chi connectivity index (χ3v) is 6.82. The number of hydrogen-bond acceptors (Lipinski definition) is 4. The van der Waals surface area contributed by atoms with Crippen LogP contribution in [0.2, 0.25) is 5.02 Å². The van der Waals surface area contributed by atoms with E-state index in [0.717, 1.165) is 22.3 Å². The van der Waals surface area contributed by atoms with Gasteiger partial charge in [-0.15, -0.1) is 0 Å². The Balaban J connectivity index is 1.12. The van der Waals surface area contributed by atoms with E-state index in [2.05, 4.69) is 34.9 Å². The molecule has 2 atom stereocenters. The summed E-state index contributed by atoms with van der Waals surface area (Å²) in [5.74, 6) is -1.81. The van der Waals surface area contributed by atoms with Crippen LogP contribution in [0.4, 0.5) is 10.5 Å². The maximum atomic E-state index is 12.5. The van der Waals surface area contributed by atoms with Crippen LogP contribution in [0.15, 0.2) is 66.7 Å². The molecule has 3 aromatic rings. The van der Waals surface area contributed by atoms with Crippen LogP contribution in [0.1, 0.15) is 33.8 Å². The van der Waals surface area contributed by atoms with Crippen molar-refractivity contribution in [3.05, 3.63) is 88.4 Å². The Morgan fingerprint density at radius 3 is 2.29 bits per heavy atom. The van der Waals surface area contributed by atoms with Crippen LogP contribution in [-0.4, -0.2) is 36.2 Å². The number of carboxylic acid groups (broad SMARTS) is 1. The minimum atomic E-state index is -1.17. The number of halogens is 1. The molecule has 3 aromatic carbocycles. The summed E-state index contributed by atoms with van der Waals surface area (Å²) in [6.07, 6.45) is 0.0784. The minimum absolute atomic E-state index is 0.0181. The van der Waals surface area contributed by atoms with Gasteiger partial charge in [0.1, 0.15) is 6.61 Å². The number of nitrogens with one attached hydrogen (secondary N) is 2. The largest absolute Gasteiger partial charge is 0.478 e. The second kappa shape index (κ2) is 9.43. The summed E-state index contributed by atoms with van der Waals surface area (Å²) in [5, 5.41) is 15.0. The molecule has 1 saturated carbocycles. The van der Waals surface area contributed by atoms with Gasteiger partial charge in [-0.25, -0.2) is 9.59 Å². The zero-order chi connectivity index (χ0) is 24.5. The smallest absolute Gasteiger partial charge is 0.407 e. The average molecular weight is 491 g/mol. The number of rotatable bonds is 7. The molecule has 0 saturated heterocycles. The first-order valence-electron chi connectivity index (χ1n) is 11.3. The Morgan fingerprint density at radius 2 is 1.63 bits per heavy atom. The second-order valence-electron chi connectivity index (χ2n) is 8.79. The number of carbonyl (C=O) groups excluding carboxylic acids is 2. The quantitative estimate of drug-likeness (QED) is 0.424. The zero-order valence-corrected chi connectivity index (χ0v) is 19.4. The first-order valence-corrected chi connectivity index (χ1v) is 11.7. The molecule has 35 heavy (non-hydrogen) atoms. The Hall–Kier alpha value is -3.84. The molecular weight excluding hydrogens is 468 g/mol. The summed E-state index contributed by atoms with van der Waals surface area (Å²) in [5.41, 5.74) is 4.74. The molecule has 1 fully saturated rings. The van der Waals surface area contributed by atoms with E-state index in [0.29, 0.717) is 13.0 Å². The molecule has 0 aromatic heterocycles. The van der Waals surface area contributed by atoms with Crippen molar-refractivity contribution in [2.45, 2.75) is 12.3 Å². The van der Waals surface area contributed by atoms with E-state index in [1.807, 2.05) is 24.3 Å². The summed E-state index contributed by atoms with van der Waals surface area (Å²) < 4.78 is 5.53. The van der Waals surface area contributed by atoms with Gasteiger partial charge < -0.3 is 20.5 Å². The molecule has 3 N–H and O–H groups in total. The van der Waals surface area contributed by atoms with E-state index < -0.39 is 12.1 Å².